The van der Waals surface area contributed by atoms with Crippen LogP contribution in [-0.4, -0.2) is 45.0 Å². The number of rotatable bonds is 5. The first-order valence-corrected chi connectivity index (χ1v) is 8.64. The lowest BCUT2D eigenvalue weighted by atomic mass is 10.3. The summed E-state index contributed by atoms with van der Waals surface area (Å²) in [5, 5.41) is 4.24. The predicted octanol–water partition coefficient (Wildman–Crippen LogP) is 3.03. The molecule has 0 saturated heterocycles. The molecular weight excluding hydrogens is 334 g/mol. The molecule has 6 nitrogen and oxygen atoms in total. The Balaban J connectivity index is 1.89. The maximum Gasteiger partial charge on any atom is 0.280 e. The molecule has 0 N–H and O–H groups in total. The van der Waals surface area contributed by atoms with Gasteiger partial charge in [-0.3, -0.25) is 19.8 Å². The molecule has 0 radical (unpaired) electrons. The molecule has 3 aromatic rings. The van der Waals surface area contributed by atoms with E-state index >= 15 is 0 Å². The first-order valence-electron chi connectivity index (χ1n) is 7.83. The van der Waals surface area contributed by atoms with E-state index in [1.807, 2.05) is 51.4 Å². The molecule has 3 aromatic heterocycles. The standard InChI is InChI=1S/C18H19N5OS/c1-13-16(25-17(21-13)14-7-6-9-19-11-14)18(24)23(22(2)3)12-15-8-4-5-10-20-15/h4-11H,12H2,1-3H3. The van der Waals surface area contributed by atoms with Gasteiger partial charge in [0.2, 0.25) is 0 Å². The lowest BCUT2D eigenvalue weighted by Gasteiger charge is -2.28. The van der Waals surface area contributed by atoms with Crippen LogP contribution in [0.2, 0.25) is 0 Å². The van der Waals surface area contributed by atoms with Crippen molar-refractivity contribution in [1.82, 2.24) is 25.0 Å². The normalized spacial score (nSPS) is 10.9. The molecule has 0 unspecified atom stereocenters. The topological polar surface area (TPSA) is 62.2 Å². The second-order valence-corrected chi connectivity index (χ2v) is 6.71. The summed E-state index contributed by atoms with van der Waals surface area (Å²) in [6.45, 7) is 2.27. The van der Waals surface area contributed by atoms with Crippen LogP contribution in [0.4, 0.5) is 0 Å². The Hall–Kier alpha value is -2.64. The Morgan fingerprint density at radius 3 is 2.64 bits per heavy atom. The van der Waals surface area contributed by atoms with E-state index in [0.717, 1.165) is 22.0 Å². The number of pyridine rings is 2. The molecule has 1 amide bonds. The Labute approximate surface area is 150 Å². The van der Waals surface area contributed by atoms with E-state index in [-0.39, 0.29) is 5.91 Å². The molecule has 0 spiro atoms. The van der Waals surface area contributed by atoms with Crippen LogP contribution in [0.25, 0.3) is 10.6 Å². The van der Waals surface area contributed by atoms with Crippen LogP contribution in [-0.2, 0) is 6.54 Å². The number of hydrogen-bond donors (Lipinski definition) is 0. The second-order valence-electron chi connectivity index (χ2n) is 5.71. The van der Waals surface area contributed by atoms with Gasteiger partial charge in [0.05, 0.1) is 17.9 Å². The summed E-state index contributed by atoms with van der Waals surface area (Å²) < 4.78 is 0. The molecule has 25 heavy (non-hydrogen) atoms. The SMILES string of the molecule is Cc1nc(-c2cccnc2)sc1C(=O)N(Cc1ccccn1)N(C)C. The largest absolute Gasteiger partial charge is 0.280 e. The highest BCUT2D eigenvalue weighted by Crippen LogP contribution is 2.28. The van der Waals surface area contributed by atoms with Crippen molar-refractivity contribution in [2.45, 2.75) is 13.5 Å². The van der Waals surface area contributed by atoms with Gasteiger partial charge in [0.25, 0.3) is 5.91 Å². The molecule has 0 aliphatic heterocycles. The smallest absolute Gasteiger partial charge is 0.267 e. The van der Waals surface area contributed by atoms with Gasteiger partial charge < -0.3 is 0 Å². The van der Waals surface area contributed by atoms with Gasteiger partial charge in [0.15, 0.2) is 0 Å². The number of thiazole rings is 1. The summed E-state index contributed by atoms with van der Waals surface area (Å²) in [6, 6.07) is 9.49. The summed E-state index contributed by atoms with van der Waals surface area (Å²) in [7, 11) is 3.69. The molecule has 7 heteroatoms. The Morgan fingerprint density at radius 2 is 2.00 bits per heavy atom. The molecule has 0 fully saturated rings. The summed E-state index contributed by atoms with van der Waals surface area (Å²) in [5.41, 5.74) is 2.47. The van der Waals surface area contributed by atoms with Crippen LogP contribution in [0.15, 0.2) is 48.9 Å². The van der Waals surface area contributed by atoms with Gasteiger partial charge in [-0.05, 0) is 31.2 Å². The van der Waals surface area contributed by atoms with E-state index in [9.17, 15) is 4.79 Å². The van der Waals surface area contributed by atoms with Crippen molar-refractivity contribution in [3.05, 3.63) is 65.2 Å². The molecule has 128 valence electrons. The van der Waals surface area contributed by atoms with Gasteiger partial charge in [-0.1, -0.05) is 6.07 Å². The van der Waals surface area contributed by atoms with Crippen LogP contribution in [0.5, 0.6) is 0 Å². The van der Waals surface area contributed by atoms with Gasteiger partial charge >= 0.3 is 0 Å². The second kappa shape index (κ2) is 7.50. The molecule has 0 bridgehead atoms. The van der Waals surface area contributed by atoms with Crippen LogP contribution in [0, 0.1) is 6.92 Å². The van der Waals surface area contributed by atoms with E-state index in [1.54, 1.807) is 28.6 Å². The van der Waals surface area contributed by atoms with Gasteiger partial charge in [0.1, 0.15) is 9.88 Å². The molecule has 3 rings (SSSR count). The minimum absolute atomic E-state index is 0.0826. The Morgan fingerprint density at radius 1 is 1.16 bits per heavy atom. The highest BCUT2D eigenvalue weighted by Gasteiger charge is 2.24. The van der Waals surface area contributed by atoms with Crippen molar-refractivity contribution < 1.29 is 4.79 Å². The number of nitrogens with zero attached hydrogens (tertiary/aromatic N) is 5. The average molecular weight is 353 g/mol. The van der Waals surface area contributed by atoms with Gasteiger partial charge in [0, 0.05) is 38.2 Å². The lowest BCUT2D eigenvalue weighted by Crippen LogP contribution is -2.41. The van der Waals surface area contributed by atoms with E-state index in [0.29, 0.717) is 11.4 Å². The molecule has 0 atom stereocenters. The van der Waals surface area contributed by atoms with Crippen LogP contribution in [0.1, 0.15) is 21.1 Å². The maximum atomic E-state index is 13.1. The van der Waals surface area contributed by atoms with Crippen molar-refractivity contribution >= 4 is 17.2 Å². The fourth-order valence-corrected chi connectivity index (χ4v) is 3.37. The maximum absolute atomic E-state index is 13.1. The first kappa shape index (κ1) is 17.2. The van der Waals surface area contributed by atoms with Gasteiger partial charge in [-0.2, -0.15) is 0 Å². The molecule has 0 aromatic carbocycles. The van der Waals surface area contributed by atoms with Gasteiger partial charge in [-0.25, -0.2) is 9.99 Å². The zero-order valence-corrected chi connectivity index (χ0v) is 15.2. The summed E-state index contributed by atoms with van der Waals surface area (Å²) in [6.07, 6.45) is 5.20. The number of carbonyl (C=O) groups is 1. The third-order valence-electron chi connectivity index (χ3n) is 3.65. The van der Waals surface area contributed by atoms with E-state index in [2.05, 4.69) is 15.0 Å². The zero-order chi connectivity index (χ0) is 17.8. The summed E-state index contributed by atoms with van der Waals surface area (Å²) in [4.78, 5) is 26.7. The zero-order valence-electron chi connectivity index (χ0n) is 14.4. The lowest BCUT2D eigenvalue weighted by molar-refractivity contribution is 0.0152. The number of aromatic nitrogens is 3. The van der Waals surface area contributed by atoms with Crippen LogP contribution >= 0.6 is 11.3 Å². The van der Waals surface area contributed by atoms with Crippen molar-refractivity contribution in [2.75, 3.05) is 14.1 Å². The third kappa shape index (κ3) is 3.89. The quantitative estimate of drug-likeness (QED) is 0.660. The van der Waals surface area contributed by atoms with Crippen LogP contribution < -0.4 is 0 Å². The molecular formula is C18H19N5OS. The van der Waals surface area contributed by atoms with Crippen molar-refractivity contribution in [1.29, 1.82) is 0 Å². The first-order chi connectivity index (χ1) is 12.1. The van der Waals surface area contributed by atoms with Crippen molar-refractivity contribution in [3.8, 4) is 10.6 Å². The number of hydrazine groups is 1. The molecule has 0 aliphatic rings. The highest BCUT2D eigenvalue weighted by atomic mass is 32.1. The minimum atomic E-state index is -0.0826. The van der Waals surface area contributed by atoms with E-state index in [4.69, 9.17) is 0 Å². The number of amides is 1. The predicted molar refractivity (Wildman–Crippen MR) is 97.9 cm³/mol. The molecule has 0 aliphatic carbocycles. The number of aryl methyl sites for hydroxylation is 1. The molecule has 3 heterocycles. The van der Waals surface area contributed by atoms with E-state index in [1.165, 1.54) is 11.3 Å². The molecule has 0 saturated carbocycles. The van der Waals surface area contributed by atoms with E-state index < -0.39 is 0 Å². The fourth-order valence-electron chi connectivity index (χ4n) is 2.36. The Kier molecular flexibility index (Phi) is 5.16. The van der Waals surface area contributed by atoms with Gasteiger partial charge in [-0.15, -0.1) is 11.3 Å². The Bertz CT molecular complexity index is 848. The summed E-state index contributed by atoms with van der Waals surface area (Å²) >= 11 is 1.39. The number of carbonyl (C=O) groups excluding carboxylic acids is 1. The number of hydrogen-bond acceptors (Lipinski definition) is 6. The minimum Gasteiger partial charge on any atom is -0.267 e. The third-order valence-corrected chi connectivity index (χ3v) is 4.85. The highest BCUT2D eigenvalue weighted by molar-refractivity contribution is 7.17. The van der Waals surface area contributed by atoms with Crippen molar-refractivity contribution in [2.24, 2.45) is 0 Å². The van der Waals surface area contributed by atoms with Crippen LogP contribution in [0.3, 0.4) is 0 Å². The fraction of sp³-hybridized carbons (Fsp3) is 0.222. The average Bonchev–Trinajstić information content (AvgIpc) is 3.02. The monoisotopic (exact) mass is 353 g/mol. The summed E-state index contributed by atoms with van der Waals surface area (Å²) in [5.74, 6) is -0.0826. The van der Waals surface area contributed by atoms with Crippen molar-refractivity contribution in [3.63, 3.8) is 0 Å².